The number of amides is 1. The minimum atomic E-state index is -0.250. The van der Waals surface area contributed by atoms with E-state index < -0.39 is 0 Å². The number of fused-ring (bicyclic) bond motifs is 1. The van der Waals surface area contributed by atoms with Gasteiger partial charge in [-0.05, 0) is 25.1 Å². The SMILES string of the molecule is CC(=O)C=C(O)c1ccc2c(c1)NC(=O)CO2. The topological polar surface area (TPSA) is 75.6 Å². The van der Waals surface area contributed by atoms with E-state index in [0.717, 1.165) is 6.08 Å². The van der Waals surface area contributed by atoms with Gasteiger partial charge in [-0.25, -0.2) is 0 Å². The molecule has 0 aliphatic carbocycles. The number of benzene rings is 1. The predicted molar refractivity (Wildman–Crippen MR) is 61.9 cm³/mol. The Labute approximate surface area is 97.7 Å². The van der Waals surface area contributed by atoms with Crippen LogP contribution in [0, 0.1) is 0 Å². The Morgan fingerprint density at radius 2 is 2.29 bits per heavy atom. The van der Waals surface area contributed by atoms with Crippen LogP contribution in [0.1, 0.15) is 12.5 Å². The first-order chi connectivity index (χ1) is 8.06. The first kappa shape index (κ1) is 11.2. The van der Waals surface area contributed by atoms with Gasteiger partial charge in [0.1, 0.15) is 11.5 Å². The van der Waals surface area contributed by atoms with E-state index in [4.69, 9.17) is 4.74 Å². The van der Waals surface area contributed by atoms with Crippen LogP contribution in [-0.2, 0) is 9.59 Å². The summed E-state index contributed by atoms with van der Waals surface area (Å²) < 4.78 is 5.17. The average molecular weight is 233 g/mol. The minimum Gasteiger partial charge on any atom is -0.507 e. The summed E-state index contributed by atoms with van der Waals surface area (Å²) in [7, 11) is 0. The first-order valence-corrected chi connectivity index (χ1v) is 5.04. The Morgan fingerprint density at radius 1 is 1.53 bits per heavy atom. The van der Waals surface area contributed by atoms with Gasteiger partial charge < -0.3 is 15.2 Å². The highest BCUT2D eigenvalue weighted by molar-refractivity contribution is 5.97. The highest BCUT2D eigenvalue weighted by Gasteiger charge is 2.16. The lowest BCUT2D eigenvalue weighted by Crippen LogP contribution is -2.25. The van der Waals surface area contributed by atoms with Gasteiger partial charge >= 0.3 is 0 Å². The van der Waals surface area contributed by atoms with E-state index in [2.05, 4.69) is 5.32 Å². The van der Waals surface area contributed by atoms with E-state index in [-0.39, 0.29) is 24.1 Å². The van der Waals surface area contributed by atoms with Gasteiger partial charge in [0, 0.05) is 11.6 Å². The Morgan fingerprint density at radius 3 is 3.00 bits per heavy atom. The fraction of sp³-hybridized carbons (Fsp3) is 0.167. The quantitative estimate of drug-likeness (QED) is 0.599. The van der Waals surface area contributed by atoms with Crippen molar-refractivity contribution in [1.82, 2.24) is 0 Å². The van der Waals surface area contributed by atoms with Gasteiger partial charge in [0.25, 0.3) is 5.91 Å². The molecule has 1 aromatic rings. The van der Waals surface area contributed by atoms with Crippen molar-refractivity contribution in [2.24, 2.45) is 0 Å². The fourth-order valence-electron chi connectivity index (χ4n) is 1.52. The van der Waals surface area contributed by atoms with Crippen molar-refractivity contribution in [3.63, 3.8) is 0 Å². The monoisotopic (exact) mass is 233 g/mol. The van der Waals surface area contributed by atoms with Crippen molar-refractivity contribution >= 4 is 23.1 Å². The summed E-state index contributed by atoms with van der Waals surface area (Å²) in [5, 5.41) is 12.3. The van der Waals surface area contributed by atoms with E-state index in [1.807, 2.05) is 0 Å². The molecule has 0 bridgehead atoms. The van der Waals surface area contributed by atoms with Crippen LogP contribution in [0.5, 0.6) is 5.75 Å². The molecule has 0 aromatic heterocycles. The van der Waals surface area contributed by atoms with E-state index in [1.54, 1.807) is 18.2 Å². The molecule has 2 rings (SSSR count). The van der Waals surface area contributed by atoms with Gasteiger partial charge in [-0.1, -0.05) is 0 Å². The van der Waals surface area contributed by atoms with Crippen LogP contribution in [0.2, 0.25) is 0 Å². The third-order valence-electron chi connectivity index (χ3n) is 2.25. The number of hydrogen-bond acceptors (Lipinski definition) is 4. The Bertz CT molecular complexity index is 519. The van der Waals surface area contributed by atoms with E-state index in [1.165, 1.54) is 6.92 Å². The van der Waals surface area contributed by atoms with Crippen LogP contribution in [0.15, 0.2) is 24.3 Å². The molecule has 0 unspecified atom stereocenters. The highest BCUT2D eigenvalue weighted by Crippen LogP contribution is 2.30. The molecule has 0 atom stereocenters. The molecular weight excluding hydrogens is 222 g/mol. The zero-order chi connectivity index (χ0) is 12.4. The number of nitrogens with one attached hydrogen (secondary N) is 1. The van der Waals surface area contributed by atoms with Gasteiger partial charge in [-0.2, -0.15) is 0 Å². The molecule has 0 saturated carbocycles. The lowest BCUT2D eigenvalue weighted by atomic mass is 10.1. The lowest BCUT2D eigenvalue weighted by Gasteiger charge is -2.18. The third-order valence-corrected chi connectivity index (χ3v) is 2.25. The number of rotatable bonds is 2. The van der Waals surface area contributed by atoms with Crippen molar-refractivity contribution in [1.29, 1.82) is 0 Å². The van der Waals surface area contributed by atoms with Crippen molar-refractivity contribution in [2.45, 2.75) is 6.92 Å². The van der Waals surface area contributed by atoms with Crippen LogP contribution in [-0.4, -0.2) is 23.4 Å². The molecular formula is C12H11NO4. The van der Waals surface area contributed by atoms with E-state index >= 15 is 0 Å². The number of aliphatic hydroxyl groups excluding tert-OH is 1. The summed E-state index contributed by atoms with van der Waals surface area (Å²) in [5.41, 5.74) is 0.937. The molecule has 1 aliphatic heterocycles. The summed E-state index contributed by atoms with van der Waals surface area (Å²) in [6, 6.07) is 4.81. The molecule has 0 fully saturated rings. The number of hydrogen-bond donors (Lipinski definition) is 2. The standard InChI is InChI=1S/C12H11NO4/c1-7(14)4-10(15)8-2-3-11-9(5-8)13-12(16)6-17-11/h2-5,15H,6H2,1H3,(H,13,16). The first-order valence-electron chi connectivity index (χ1n) is 5.04. The minimum absolute atomic E-state index is 0.0123. The third kappa shape index (κ3) is 2.44. The normalized spacial score (nSPS) is 14.6. The number of carbonyl (C=O) groups is 2. The number of ketones is 1. The molecule has 1 aromatic carbocycles. The largest absolute Gasteiger partial charge is 0.507 e. The number of allylic oxidation sites excluding steroid dienone is 1. The Hall–Kier alpha value is -2.30. The summed E-state index contributed by atoms with van der Waals surface area (Å²) in [6.07, 6.45) is 1.12. The average Bonchev–Trinajstić information content (AvgIpc) is 2.27. The van der Waals surface area contributed by atoms with E-state index in [0.29, 0.717) is 17.0 Å². The number of anilines is 1. The van der Waals surface area contributed by atoms with Gasteiger partial charge in [0.2, 0.25) is 0 Å². The molecule has 88 valence electrons. The predicted octanol–water partition coefficient (Wildman–Crippen LogP) is 1.51. The molecule has 0 radical (unpaired) electrons. The lowest BCUT2D eigenvalue weighted by molar-refractivity contribution is -0.118. The molecule has 17 heavy (non-hydrogen) atoms. The highest BCUT2D eigenvalue weighted by atomic mass is 16.5. The molecule has 1 heterocycles. The van der Waals surface area contributed by atoms with Gasteiger partial charge in [-0.15, -0.1) is 0 Å². The van der Waals surface area contributed by atoms with Crippen LogP contribution in [0.3, 0.4) is 0 Å². The maximum atomic E-state index is 11.1. The molecule has 5 nitrogen and oxygen atoms in total. The number of ether oxygens (including phenoxy) is 1. The molecule has 1 aliphatic rings. The fourth-order valence-corrected chi connectivity index (χ4v) is 1.52. The zero-order valence-corrected chi connectivity index (χ0v) is 9.19. The molecule has 1 amide bonds. The Kier molecular flexibility index (Phi) is 2.82. The number of carbonyl (C=O) groups excluding carboxylic acids is 2. The molecule has 2 N–H and O–H groups in total. The van der Waals surface area contributed by atoms with Crippen molar-refractivity contribution in [3.8, 4) is 5.75 Å². The smallest absolute Gasteiger partial charge is 0.262 e. The summed E-state index contributed by atoms with van der Waals surface area (Å²) >= 11 is 0. The molecule has 0 spiro atoms. The van der Waals surface area contributed by atoms with Crippen LogP contribution in [0.25, 0.3) is 5.76 Å². The van der Waals surface area contributed by atoms with Crippen molar-refractivity contribution in [3.05, 3.63) is 29.8 Å². The summed E-state index contributed by atoms with van der Waals surface area (Å²) in [4.78, 5) is 22.0. The van der Waals surface area contributed by atoms with Crippen molar-refractivity contribution in [2.75, 3.05) is 11.9 Å². The second-order valence-corrected chi connectivity index (χ2v) is 3.69. The molecule has 5 heteroatoms. The second kappa shape index (κ2) is 4.29. The van der Waals surface area contributed by atoms with Gasteiger partial charge in [0.15, 0.2) is 12.4 Å². The van der Waals surface area contributed by atoms with E-state index in [9.17, 15) is 14.7 Å². The summed E-state index contributed by atoms with van der Waals surface area (Å²) in [5.74, 6) is -0.0886. The van der Waals surface area contributed by atoms with Crippen LogP contribution >= 0.6 is 0 Å². The maximum Gasteiger partial charge on any atom is 0.262 e. The van der Waals surface area contributed by atoms with Gasteiger partial charge in [0.05, 0.1) is 5.69 Å². The van der Waals surface area contributed by atoms with Gasteiger partial charge in [-0.3, -0.25) is 9.59 Å². The van der Waals surface area contributed by atoms with Crippen LogP contribution < -0.4 is 10.1 Å². The van der Waals surface area contributed by atoms with Crippen molar-refractivity contribution < 1.29 is 19.4 Å². The maximum absolute atomic E-state index is 11.1. The van der Waals surface area contributed by atoms with Crippen LogP contribution in [0.4, 0.5) is 5.69 Å². The molecule has 0 saturated heterocycles. The Balaban J connectivity index is 2.36. The second-order valence-electron chi connectivity index (χ2n) is 3.69. The zero-order valence-electron chi connectivity index (χ0n) is 9.19. The summed E-state index contributed by atoms with van der Waals surface area (Å²) in [6.45, 7) is 1.33. The number of aliphatic hydroxyl groups is 1.